The summed E-state index contributed by atoms with van der Waals surface area (Å²) in [5.41, 5.74) is 11.5. The SMILES string of the molecule is C1=CC2(c3ccncc3)CC2C=C1C1=NC(c2cccc(C(=C(c3ccccc3)c3ccccc3)c3ccccc3)c2)N=C(c2ccccc2)N1.CC. The second kappa shape index (κ2) is 15.1. The molecule has 0 saturated heterocycles. The van der Waals surface area contributed by atoms with Crippen molar-refractivity contribution < 1.29 is 0 Å². The van der Waals surface area contributed by atoms with E-state index in [1.807, 2.05) is 32.3 Å². The molecule has 2 heterocycles. The van der Waals surface area contributed by atoms with Crippen LogP contribution >= 0.6 is 0 Å². The van der Waals surface area contributed by atoms with Crippen LogP contribution in [0.15, 0.2) is 204 Å². The zero-order valence-electron chi connectivity index (χ0n) is 30.1. The Morgan fingerprint density at radius 1 is 0.585 bits per heavy atom. The number of aromatic nitrogens is 1. The van der Waals surface area contributed by atoms with Gasteiger partial charge in [-0.15, -0.1) is 0 Å². The minimum Gasteiger partial charge on any atom is -0.324 e. The Balaban J connectivity index is 0.00000197. The lowest BCUT2D eigenvalue weighted by atomic mass is 9.85. The highest BCUT2D eigenvalue weighted by Crippen LogP contribution is 2.58. The monoisotopic (exact) mass is 686 g/mol. The molecule has 0 bridgehead atoms. The molecule has 5 aromatic carbocycles. The first kappa shape index (κ1) is 33.7. The molecule has 53 heavy (non-hydrogen) atoms. The van der Waals surface area contributed by atoms with Crippen molar-refractivity contribution in [1.82, 2.24) is 10.3 Å². The van der Waals surface area contributed by atoms with Crippen LogP contribution in [0.4, 0.5) is 0 Å². The number of hydrogen-bond acceptors (Lipinski definition) is 4. The normalized spacial score (nSPS) is 19.5. The van der Waals surface area contributed by atoms with Crippen LogP contribution in [0.3, 0.4) is 0 Å². The Hall–Kier alpha value is -6.39. The Labute approximate surface area is 312 Å². The molecule has 4 nitrogen and oxygen atoms in total. The minimum atomic E-state index is -0.425. The molecule has 1 aliphatic heterocycles. The summed E-state index contributed by atoms with van der Waals surface area (Å²) in [6, 6.07) is 55.5. The maximum Gasteiger partial charge on any atom is 0.169 e. The predicted octanol–water partition coefficient (Wildman–Crippen LogP) is 11.0. The molecule has 1 saturated carbocycles. The first-order chi connectivity index (χ1) is 26.2. The van der Waals surface area contributed by atoms with Gasteiger partial charge in [0.15, 0.2) is 6.17 Å². The Morgan fingerprint density at radius 2 is 1.11 bits per heavy atom. The zero-order chi connectivity index (χ0) is 36.0. The smallest absolute Gasteiger partial charge is 0.169 e. The zero-order valence-corrected chi connectivity index (χ0v) is 30.1. The van der Waals surface area contributed by atoms with Crippen LogP contribution < -0.4 is 5.32 Å². The lowest BCUT2D eigenvalue weighted by molar-refractivity contribution is 0.753. The molecule has 3 atom stereocenters. The average molecular weight is 687 g/mol. The highest BCUT2D eigenvalue weighted by Gasteiger charge is 2.53. The molecule has 9 rings (SSSR count). The molecule has 258 valence electrons. The summed E-state index contributed by atoms with van der Waals surface area (Å²) in [7, 11) is 0. The standard InChI is InChI=1S/C47H36N4.C2H6/c1-5-14-33(15-6-1)42(34-16-7-2-8-17-34)43(35-18-9-3-10-19-35)37-22-13-23-38(30-37)45-49-44(36-20-11-4-12-21-36)50-46(51-45)39-24-27-47(32-41(47)31-39)40-25-28-48-29-26-40;1-2/h1-31,41,45H,32H2,(H,49,50,51);1-2H3. The number of fused-ring (bicyclic) bond motifs is 1. The number of allylic oxidation sites excluding steroid dienone is 2. The van der Waals surface area contributed by atoms with E-state index in [1.54, 1.807) is 0 Å². The lowest BCUT2D eigenvalue weighted by Gasteiger charge is -2.25. The fraction of sp³-hybridized carbons (Fsp3) is 0.122. The van der Waals surface area contributed by atoms with Crippen LogP contribution in [0.2, 0.25) is 0 Å². The topological polar surface area (TPSA) is 49.6 Å². The fourth-order valence-electron chi connectivity index (χ4n) is 7.53. The van der Waals surface area contributed by atoms with E-state index in [9.17, 15) is 0 Å². The van der Waals surface area contributed by atoms with E-state index in [0.717, 1.165) is 45.9 Å². The Bertz CT molecular complexity index is 2300. The van der Waals surface area contributed by atoms with E-state index in [0.29, 0.717) is 5.92 Å². The van der Waals surface area contributed by atoms with Gasteiger partial charge in [0.05, 0.1) is 0 Å². The summed E-state index contributed by atoms with van der Waals surface area (Å²) in [4.78, 5) is 14.8. The van der Waals surface area contributed by atoms with Crippen LogP contribution in [0.1, 0.15) is 65.4 Å². The summed E-state index contributed by atoms with van der Waals surface area (Å²) in [5.74, 6) is 2.09. The molecule has 0 radical (unpaired) electrons. The van der Waals surface area contributed by atoms with Crippen molar-refractivity contribution in [2.75, 3.05) is 0 Å². The van der Waals surface area contributed by atoms with Gasteiger partial charge in [0.1, 0.15) is 11.7 Å². The third-order valence-electron chi connectivity index (χ3n) is 10.2. The number of nitrogens with one attached hydrogen (secondary N) is 1. The molecule has 0 spiro atoms. The molecule has 6 aromatic rings. The van der Waals surface area contributed by atoms with Crippen molar-refractivity contribution >= 4 is 22.8 Å². The average Bonchev–Trinajstić information content (AvgIpc) is 4.00. The summed E-state index contributed by atoms with van der Waals surface area (Å²) in [6.07, 6.45) is 11.4. The lowest BCUT2D eigenvalue weighted by Crippen LogP contribution is -2.36. The van der Waals surface area contributed by atoms with E-state index in [4.69, 9.17) is 9.98 Å². The van der Waals surface area contributed by atoms with Gasteiger partial charge in [-0.3, -0.25) is 4.98 Å². The molecular formula is C49H42N4. The molecule has 4 heteroatoms. The summed E-state index contributed by atoms with van der Waals surface area (Å²) in [6.45, 7) is 4.00. The van der Waals surface area contributed by atoms with Crippen LogP contribution in [-0.4, -0.2) is 16.7 Å². The molecule has 3 unspecified atom stereocenters. The Kier molecular flexibility index (Phi) is 9.59. The van der Waals surface area contributed by atoms with Gasteiger partial charge in [0.2, 0.25) is 0 Å². The predicted molar refractivity (Wildman–Crippen MR) is 220 cm³/mol. The number of benzene rings is 5. The van der Waals surface area contributed by atoms with Gasteiger partial charge >= 0.3 is 0 Å². The number of pyridine rings is 1. The quantitative estimate of drug-likeness (QED) is 0.162. The fourth-order valence-corrected chi connectivity index (χ4v) is 7.53. The van der Waals surface area contributed by atoms with Gasteiger partial charge in [-0.2, -0.15) is 0 Å². The minimum absolute atomic E-state index is 0.0567. The molecule has 1 N–H and O–H groups in total. The van der Waals surface area contributed by atoms with E-state index in [-0.39, 0.29) is 5.41 Å². The largest absolute Gasteiger partial charge is 0.324 e. The van der Waals surface area contributed by atoms with Crippen LogP contribution in [0.5, 0.6) is 0 Å². The molecule has 1 fully saturated rings. The highest BCUT2D eigenvalue weighted by atomic mass is 15.2. The number of rotatable bonds is 8. The van der Waals surface area contributed by atoms with Crippen molar-refractivity contribution in [3.8, 4) is 0 Å². The summed E-state index contributed by atoms with van der Waals surface area (Å²) >= 11 is 0. The Morgan fingerprint density at radius 3 is 1.70 bits per heavy atom. The molecule has 2 aliphatic carbocycles. The van der Waals surface area contributed by atoms with Gasteiger partial charge < -0.3 is 5.32 Å². The molecule has 3 aliphatic rings. The first-order valence-electron chi connectivity index (χ1n) is 18.6. The summed E-state index contributed by atoms with van der Waals surface area (Å²) < 4.78 is 0. The maximum absolute atomic E-state index is 5.31. The van der Waals surface area contributed by atoms with Crippen molar-refractivity contribution in [1.29, 1.82) is 0 Å². The number of aliphatic imine (C=N–C) groups is 2. The van der Waals surface area contributed by atoms with Gasteiger partial charge in [0.25, 0.3) is 0 Å². The molecule has 0 amide bonds. The van der Waals surface area contributed by atoms with Gasteiger partial charge in [-0.05, 0) is 75.1 Å². The van der Waals surface area contributed by atoms with Gasteiger partial charge in [-0.1, -0.05) is 172 Å². The van der Waals surface area contributed by atoms with E-state index >= 15 is 0 Å². The number of amidine groups is 2. The van der Waals surface area contributed by atoms with Crippen molar-refractivity contribution in [3.05, 3.63) is 233 Å². The maximum atomic E-state index is 5.31. The van der Waals surface area contributed by atoms with Gasteiger partial charge in [-0.25, -0.2) is 9.98 Å². The second-order valence-electron chi connectivity index (χ2n) is 13.3. The molecule has 1 aromatic heterocycles. The molecular weight excluding hydrogens is 645 g/mol. The highest BCUT2D eigenvalue weighted by molar-refractivity contribution is 6.17. The van der Waals surface area contributed by atoms with E-state index in [1.165, 1.54) is 27.8 Å². The second-order valence-corrected chi connectivity index (χ2v) is 13.3. The van der Waals surface area contributed by atoms with Crippen molar-refractivity contribution in [2.24, 2.45) is 15.9 Å². The summed E-state index contributed by atoms with van der Waals surface area (Å²) in [5, 5.41) is 3.62. The number of hydrogen-bond donors (Lipinski definition) is 1. The van der Waals surface area contributed by atoms with Crippen molar-refractivity contribution in [3.63, 3.8) is 0 Å². The van der Waals surface area contributed by atoms with Crippen molar-refractivity contribution in [2.45, 2.75) is 31.8 Å². The van der Waals surface area contributed by atoms with Crippen LogP contribution in [-0.2, 0) is 5.41 Å². The third-order valence-corrected chi connectivity index (χ3v) is 10.2. The number of nitrogens with zero attached hydrogens (tertiary/aromatic N) is 3. The van der Waals surface area contributed by atoms with Gasteiger partial charge in [0, 0.05) is 28.9 Å². The van der Waals surface area contributed by atoms with E-state index < -0.39 is 6.17 Å². The first-order valence-corrected chi connectivity index (χ1v) is 18.6. The van der Waals surface area contributed by atoms with E-state index in [2.05, 4.69) is 180 Å². The van der Waals surface area contributed by atoms with Crippen LogP contribution in [0, 0.1) is 5.92 Å². The third kappa shape index (κ3) is 6.84. The van der Waals surface area contributed by atoms with Crippen LogP contribution in [0.25, 0.3) is 11.1 Å².